The number of carbonyl (C=O) groups excluding carboxylic acids is 3. The summed E-state index contributed by atoms with van der Waals surface area (Å²) in [4.78, 5) is 67.0. The maximum Gasteiger partial charge on any atom is 0.330 e. The van der Waals surface area contributed by atoms with Gasteiger partial charge in [-0.2, -0.15) is 0 Å². The number of fused-ring (bicyclic) bond motifs is 3. The van der Waals surface area contributed by atoms with E-state index in [1.165, 1.54) is 27.6 Å². The summed E-state index contributed by atoms with van der Waals surface area (Å²) in [5, 5.41) is 25.1. The minimum atomic E-state index is -3.59. The van der Waals surface area contributed by atoms with Crippen molar-refractivity contribution >= 4 is 61.2 Å². The zero-order chi connectivity index (χ0) is 45.9. The fourth-order valence-corrected chi connectivity index (χ4v) is 10.8. The van der Waals surface area contributed by atoms with E-state index in [1.807, 2.05) is 37.4 Å². The molecule has 5 N–H and O–H groups in total. The fraction of sp³-hybridized carbons (Fsp3) is 0.600. The number of nitrogens with one attached hydrogen (secondary N) is 4. The summed E-state index contributed by atoms with van der Waals surface area (Å²) in [6, 6.07) is 4.13. The highest BCUT2D eigenvalue weighted by molar-refractivity contribution is 7.89. The summed E-state index contributed by atoms with van der Waals surface area (Å²) >= 11 is 1.45. The van der Waals surface area contributed by atoms with Crippen LogP contribution in [0.1, 0.15) is 91.9 Å². The molecule has 0 bridgehead atoms. The second-order valence-electron chi connectivity index (χ2n) is 18.2. The first kappa shape index (κ1) is 47.0. The van der Waals surface area contributed by atoms with Gasteiger partial charge in [0.15, 0.2) is 5.13 Å². The number of thiazole rings is 1. The third kappa shape index (κ3) is 10.4. The maximum atomic E-state index is 14.9. The van der Waals surface area contributed by atoms with Gasteiger partial charge in [0.2, 0.25) is 21.8 Å². The Hall–Kier alpha value is -5.01. The summed E-state index contributed by atoms with van der Waals surface area (Å²) < 4.78 is 39.6. The molecule has 2 aromatic heterocycles. The minimum absolute atomic E-state index is 0.0306. The number of rotatable bonds is 14. The number of anilines is 1. The molecule has 64 heavy (non-hydrogen) atoms. The second-order valence-corrected chi connectivity index (χ2v) is 21.6. The number of likely N-dealkylation sites (N-methyl/N-ethyl adjacent to an activating group) is 1. The van der Waals surface area contributed by atoms with Crippen LogP contribution in [0.5, 0.6) is 11.5 Å². The highest BCUT2D eigenvalue weighted by Crippen LogP contribution is 2.46. The third-order valence-electron chi connectivity index (χ3n) is 12.9. The largest absolute Gasteiger partial charge is 0.497 e. The molecule has 0 spiro atoms. The van der Waals surface area contributed by atoms with Crippen molar-refractivity contribution in [3.05, 3.63) is 41.8 Å². The van der Waals surface area contributed by atoms with Crippen molar-refractivity contribution in [2.75, 3.05) is 32.6 Å². The molecular formula is C45H62N8O9S2. The summed E-state index contributed by atoms with van der Waals surface area (Å²) in [6.45, 7) is 7.34. The Morgan fingerprint density at radius 3 is 2.53 bits per heavy atom. The first-order valence-electron chi connectivity index (χ1n) is 22.4. The highest BCUT2D eigenvalue weighted by atomic mass is 32.2. The summed E-state index contributed by atoms with van der Waals surface area (Å²) in [5.41, 5.74) is 0.255. The van der Waals surface area contributed by atoms with Gasteiger partial charge >= 0.3 is 12.0 Å². The van der Waals surface area contributed by atoms with E-state index in [0.717, 1.165) is 37.2 Å². The van der Waals surface area contributed by atoms with Gasteiger partial charge in [0.1, 0.15) is 40.9 Å². The van der Waals surface area contributed by atoms with Crippen LogP contribution >= 0.6 is 11.3 Å². The van der Waals surface area contributed by atoms with Gasteiger partial charge in [-0.1, -0.05) is 31.4 Å². The lowest BCUT2D eigenvalue weighted by molar-refractivity contribution is -0.145. The lowest BCUT2D eigenvalue weighted by atomic mass is 9.79. The van der Waals surface area contributed by atoms with E-state index in [-0.39, 0.29) is 44.3 Å². The SMILES string of the molecule is COc1ccc2c(O[C@@H]3C[C@H]4C(=O)N[C@]5(C(=O)O)CC5/C=C\CCCCC[C@H](NC(=O)NC(CN(C)S(=O)(=O)C(C)C)C5CCC5)C(=O)N4C3)cc(-c3csc(NC(C)C)n3)nc2c1. The Balaban J connectivity index is 1.18. The summed E-state index contributed by atoms with van der Waals surface area (Å²) in [5.74, 6) is -1.54. The first-order valence-corrected chi connectivity index (χ1v) is 24.8. The Bertz CT molecular complexity index is 2350. The van der Waals surface area contributed by atoms with Gasteiger partial charge in [-0.3, -0.25) is 9.59 Å². The molecule has 6 atom stereocenters. The maximum absolute atomic E-state index is 14.9. The van der Waals surface area contributed by atoms with E-state index in [4.69, 9.17) is 19.4 Å². The third-order valence-corrected chi connectivity index (χ3v) is 15.9. The Kier molecular flexibility index (Phi) is 14.4. The van der Waals surface area contributed by atoms with Crippen molar-refractivity contribution < 1.29 is 42.2 Å². The van der Waals surface area contributed by atoms with Crippen LogP contribution in [0.15, 0.2) is 41.8 Å². The van der Waals surface area contributed by atoms with Gasteiger partial charge in [-0.15, -0.1) is 11.3 Å². The molecule has 3 fully saturated rings. The monoisotopic (exact) mass is 922 g/mol. The van der Waals surface area contributed by atoms with Gasteiger partial charge in [0.25, 0.3) is 0 Å². The summed E-state index contributed by atoms with van der Waals surface area (Å²) in [7, 11) is -0.501. The van der Waals surface area contributed by atoms with Crippen LogP contribution < -0.4 is 30.7 Å². The Labute approximate surface area is 379 Å². The number of hydrogen-bond donors (Lipinski definition) is 5. The van der Waals surface area contributed by atoms with Crippen molar-refractivity contribution in [2.45, 2.75) is 133 Å². The number of carbonyl (C=O) groups is 4. The second kappa shape index (κ2) is 19.6. The molecule has 2 aliphatic heterocycles. The van der Waals surface area contributed by atoms with E-state index in [2.05, 4.69) is 21.3 Å². The number of ether oxygens (including phenoxy) is 2. The number of nitrogens with zero attached hydrogens (tertiary/aromatic N) is 4. The molecule has 2 unspecified atom stereocenters. The van der Waals surface area contributed by atoms with E-state index in [0.29, 0.717) is 46.6 Å². The Morgan fingerprint density at radius 1 is 1.06 bits per heavy atom. The number of aromatic nitrogens is 2. The predicted molar refractivity (Wildman–Crippen MR) is 245 cm³/mol. The van der Waals surface area contributed by atoms with Crippen molar-refractivity contribution in [1.29, 1.82) is 0 Å². The molecule has 2 aliphatic carbocycles. The standard InChI is InChI=1S/C45H62N8O9S2/c1-26(2)46-44-50-37(25-63-44)35-21-39(32-18-17-30(61-6)19-34(32)47-35)62-31-20-38-40(54)51-45(42(56)57)22-29(45)15-10-8-7-9-11-16-33(41(55)53(38)23-31)48-43(58)49-36(28-13-12-14-28)24-52(5)64(59,60)27(3)4/h10,15,17-19,21,25-29,31,33,36,38H,7-9,11-14,16,20,22-24H2,1-6H3,(H,46,50)(H,51,54)(H,56,57)(H2,48,49,58)/b15-10-/t29?,31-,33+,36?,38+,45-/m1/s1. The van der Waals surface area contributed by atoms with Crippen LogP contribution in [0, 0.1) is 11.8 Å². The van der Waals surface area contributed by atoms with Crippen molar-refractivity contribution in [3.8, 4) is 22.9 Å². The molecule has 17 nitrogen and oxygen atoms in total. The average molecular weight is 923 g/mol. The van der Waals surface area contributed by atoms with Crippen molar-refractivity contribution in [2.24, 2.45) is 11.8 Å². The van der Waals surface area contributed by atoms with E-state index < -0.39 is 74.8 Å². The van der Waals surface area contributed by atoms with Crippen LogP contribution in [-0.2, 0) is 24.4 Å². The lowest BCUT2D eigenvalue weighted by Crippen LogP contribution is -2.59. The number of amides is 4. The lowest BCUT2D eigenvalue weighted by Gasteiger charge is -2.37. The summed E-state index contributed by atoms with van der Waals surface area (Å²) in [6.07, 6.45) is 9.12. The molecule has 1 saturated heterocycles. The van der Waals surface area contributed by atoms with Crippen LogP contribution in [0.3, 0.4) is 0 Å². The number of benzene rings is 1. The van der Waals surface area contributed by atoms with Gasteiger partial charge in [0, 0.05) is 60.9 Å². The number of aliphatic carboxylic acids is 1. The number of sulfonamides is 1. The Morgan fingerprint density at radius 2 is 1.84 bits per heavy atom. The number of urea groups is 1. The molecule has 1 aromatic carbocycles. The van der Waals surface area contributed by atoms with Crippen molar-refractivity contribution in [3.63, 3.8) is 0 Å². The minimum Gasteiger partial charge on any atom is -0.497 e. The van der Waals surface area contributed by atoms with Gasteiger partial charge in [0.05, 0.1) is 30.1 Å². The van der Waals surface area contributed by atoms with E-state index in [1.54, 1.807) is 39.2 Å². The number of methoxy groups -OCH3 is 1. The number of hydrogen-bond acceptors (Lipinski definition) is 12. The molecule has 2 saturated carbocycles. The zero-order valence-corrected chi connectivity index (χ0v) is 39.1. The van der Waals surface area contributed by atoms with Crippen LogP contribution in [0.2, 0.25) is 0 Å². The number of pyridine rings is 1. The zero-order valence-electron chi connectivity index (χ0n) is 37.5. The number of allylic oxidation sites excluding steroid dienone is 1. The first-order chi connectivity index (χ1) is 30.5. The van der Waals surface area contributed by atoms with Crippen molar-refractivity contribution in [1.82, 2.24) is 35.1 Å². The molecule has 19 heteroatoms. The molecule has 4 aliphatic rings. The van der Waals surface area contributed by atoms with Gasteiger partial charge < -0.3 is 40.7 Å². The quantitative estimate of drug-likeness (QED) is 0.126. The van der Waals surface area contributed by atoms with Crippen LogP contribution in [0.25, 0.3) is 22.3 Å². The molecule has 4 amide bonds. The molecule has 4 heterocycles. The molecule has 7 rings (SSSR count). The number of carboxylic acids is 1. The van der Waals surface area contributed by atoms with E-state index in [9.17, 15) is 32.7 Å². The highest BCUT2D eigenvalue weighted by Gasteiger charge is 2.61. The molecule has 3 aromatic rings. The predicted octanol–water partition coefficient (Wildman–Crippen LogP) is 5.52. The molecule has 0 radical (unpaired) electrons. The molecule has 348 valence electrons. The van der Waals surface area contributed by atoms with Crippen LogP contribution in [-0.4, -0.2) is 125 Å². The average Bonchev–Trinajstić information content (AvgIpc) is 3.48. The smallest absolute Gasteiger partial charge is 0.330 e. The molecular weight excluding hydrogens is 861 g/mol. The number of carboxylic acid groups (broad SMARTS) is 1. The van der Waals surface area contributed by atoms with Gasteiger partial charge in [-0.05, 0) is 84.3 Å². The van der Waals surface area contributed by atoms with Crippen LogP contribution in [0.4, 0.5) is 9.93 Å². The topological polar surface area (TPSA) is 221 Å². The van der Waals surface area contributed by atoms with Gasteiger partial charge in [-0.25, -0.2) is 32.3 Å². The normalized spacial score (nSPS) is 25.4. The van der Waals surface area contributed by atoms with E-state index >= 15 is 0 Å². The fourth-order valence-electron chi connectivity index (χ4n) is 8.83.